The van der Waals surface area contributed by atoms with E-state index in [1.54, 1.807) is 17.3 Å². The SMILES string of the molecule is Cc1c(N)cc(Cl)cc1S(=O)(=O)N1CCCCCCC1. The highest BCUT2D eigenvalue weighted by molar-refractivity contribution is 7.89. The number of benzene rings is 1. The first-order valence-electron chi connectivity index (χ1n) is 6.98. The van der Waals surface area contributed by atoms with Crippen LogP contribution < -0.4 is 5.73 Å². The summed E-state index contributed by atoms with van der Waals surface area (Å²) in [7, 11) is -3.51. The summed E-state index contributed by atoms with van der Waals surface area (Å²) in [5.74, 6) is 0. The Hall–Kier alpha value is -0.780. The summed E-state index contributed by atoms with van der Waals surface area (Å²) in [6.07, 6.45) is 5.19. The molecule has 0 aromatic heterocycles. The van der Waals surface area contributed by atoms with Gasteiger partial charge >= 0.3 is 0 Å². The topological polar surface area (TPSA) is 63.4 Å². The van der Waals surface area contributed by atoms with Crippen LogP contribution in [0.3, 0.4) is 0 Å². The summed E-state index contributed by atoms with van der Waals surface area (Å²) >= 11 is 5.96. The van der Waals surface area contributed by atoms with Crippen molar-refractivity contribution in [3.8, 4) is 0 Å². The van der Waals surface area contributed by atoms with Gasteiger partial charge in [-0.2, -0.15) is 4.31 Å². The van der Waals surface area contributed by atoms with Crippen LogP contribution in [-0.4, -0.2) is 25.8 Å². The molecule has 0 aliphatic carbocycles. The van der Waals surface area contributed by atoms with Crippen molar-refractivity contribution < 1.29 is 8.42 Å². The largest absolute Gasteiger partial charge is 0.398 e. The van der Waals surface area contributed by atoms with Gasteiger partial charge in [0.15, 0.2) is 0 Å². The summed E-state index contributed by atoms with van der Waals surface area (Å²) in [4.78, 5) is 0.239. The Bertz CT molecular complexity index is 579. The smallest absolute Gasteiger partial charge is 0.243 e. The number of hydrogen-bond acceptors (Lipinski definition) is 3. The van der Waals surface area contributed by atoms with Crippen LogP contribution in [0.1, 0.15) is 37.7 Å². The first kappa shape index (κ1) is 15.6. The van der Waals surface area contributed by atoms with E-state index in [0.717, 1.165) is 25.7 Å². The van der Waals surface area contributed by atoms with Crippen LogP contribution in [0.15, 0.2) is 17.0 Å². The van der Waals surface area contributed by atoms with E-state index in [9.17, 15) is 8.42 Å². The quantitative estimate of drug-likeness (QED) is 0.852. The summed E-state index contributed by atoms with van der Waals surface area (Å²) in [6.45, 7) is 2.88. The maximum absolute atomic E-state index is 12.8. The third kappa shape index (κ3) is 3.27. The number of halogens is 1. The van der Waals surface area contributed by atoms with E-state index in [4.69, 9.17) is 17.3 Å². The zero-order valence-electron chi connectivity index (χ0n) is 11.7. The van der Waals surface area contributed by atoms with E-state index in [1.807, 2.05) is 0 Å². The molecule has 0 atom stereocenters. The van der Waals surface area contributed by atoms with Gasteiger partial charge in [0.25, 0.3) is 0 Å². The predicted octanol–water partition coefficient (Wildman–Crippen LogP) is 3.19. The molecule has 1 saturated heterocycles. The second-order valence-corrected chi connectivity index (χ2v) is 7.63. The minimum absolute atomic E-state index is 0.239. The van der Waals surface area contributed by atoms with Crippen molar-refractivity contribution in [2.75, 3.05) is 18.8 Å². The molecule has 0 unspecified atom stereocenters. The Morgan fingerprint density at radius 2 is 1.65 bits per heavy atom. The van der Waals surface area contributed by atoms with E-state index in [2.05, 4.69) is 0 Å². The van der Waals surface area contributed by atoms with Gasteiger partial charge in [-0.15, -0.1) is 0 Å². The van der Waals surface area contributed by atoms with Crippen LogP contribution in [-0.2, 0) is 10.0 Å². The Morgan fingerprint density at radius 3 is 2.25 bits per heavy atom. The molecule has 1 aromatic rings. The molecule has 1 aliphatic heterocycles. The molecule has 20 heavy (non-hydrogen) atoms. The molecular formula is C14H21ClN2O2S. The van der Waals surface area contributed by atoms with Crippen molar-refractivity contribution in [1.82, 2.24) is 4.31 Å². The Kier molecular flexibility index (Phi) is 4.94. The van der Waals surface area contributed by atoms with Crippen LogP contribution in [0.5, 0.6) is 0 Å². The number of nitrogens with zero attached hydrogens (tertiary/aromatic N) is 1. The monoisotopic (exact) mass is 316 g/mol. The lowest BCUT2D eigenvalue weighted by molar-refractivity contribution is 0.364. The van der Waals surface area contributed by atoms with Crippen molar-refractivity contribution in [3.63, 3.8) is 0 Å². The first-order valence-corrected chi connectivity index (χ1v) is 8.80. The molecule has 2 N–H and O–H groups in total. The van der Waals surface area contributed by atoms with Gasteiger partial charge in [0.2, 0.25) is 10.0 Å². The molecule has 0 saturated carbocycles. The van der Waals surface area contributed by atoms with E-state index >= 15 is 0 Å². The Morgan fingerprint density at radius 1 is 1.10 bits per heavy atom. The van der Waals surface area contributed by atoms with Gasteiger partial charge in [-0.1, -0.05) is 30.9 Å². The third-order valence-corrected chi connectivity index (χ3v) is 6.04. The molecule has 112 valence electrons. The van der Waals surface area contributed by atoms with E-state index in [0.29, 0.717) is 29.4 Å². The van der Waals surface area contributed by atoms with Crippen molar-refractivity contribution >= 4 is 27.3 Å². The highest BCUT2D eigenvalue weighted by Crippen LogP contribution is 2.29. The van der Waals surface area contributed by atoms with Crippen LogP contribution >= 0.6 is 11.6 Å². The Balaban J connectivity index is 2.38. The Labute approximate surface area is 126 Å². The molecule has 0 bridgehead atoms. The molecule has 1 aliphatic rings. The molecular weight excluding hydrogens is 296 g/mol. The van der Waals surface area contributed by atoms with Gasteiger partial charge in [-0.25, -0.2) is 8.42 Å². The fourth-order valence-corrected chi connectivity index (χ4v) is 4.63. The molecule has 0 spiro atoms. The number of nitrogen functional groups attached to an aromatic ring is 1. The van der Waals surface area contributed by atoms with Gasteiger partial charge in [0.05, 0.1) is 4.90 Å². The third-order valence-electron chi connectivity index (χ3n) is 3.80. The highest BCUT2D eigenvalue weighted by Gasteiger charge is 2.27. The summed E-state index contributed by atoms with van der Waals surface area (Å²) in [5, 5.41) is 0.360. The zero-order chi connectivity index (χ0) is 14.8. The van der Waals surface area contributed by atoms with Gasteiger partial charge in [-0.3, -0.25) is 0 Å². The number of sulfonamides is 1. The van der Waals surface area contributed by atoms with Crippen LogP contribution in [0, 0.1) is 6.92 Å². The molecule has 4 nitrogen and oxygen atoms in total. The van der Waals surface area contributed by atoms with Crippen molar-refractivity contribution in [2.45, 2.75) is 43.9 Å². The molecule has 6 heteroatoms. The second kappa shape index (κ2) is 6.33. The average Bonchev–Trinajstić information content (AvgIpc) is 2.32. The summed E-state index contributed by atoms with van der Waals surface area (Å²) in [6, 6.07) is 3.09. The standard InChI is InChI=1S/C14H21ClN2O2S/c1-11-13(16)9-12(15)10-14(11)20(18,19)17-7-5-3-2-4-6-8-17/h9-10H,2-8,16H2,1H3. The van der Waals surface area contributed by atoms with Gasteiger partial charge in [0.1, 0.15) is 0 Å². The van der Waals surface area contributed by atoms with Crippen LogP contribution in [0.25, 0.3) is 0 Å². The number of hydrogen-bond donors (Lipinski definition) is 1. The van der Waals surface area contributed by atoms with Gasteiger partial charge in [-0.05, 0) is 37.5 Å². The van der Waals surface area contributed by atoms with Crippen LogP contribution in [0.2, 0.25) is 5.02 Å². The zero-order valence-corrected chi connectivity index (χ0v) is 13.3. The lowest BCUT2D eigenvalue weighted by Crippen LogP contribution is -2.34. The molecule has 0 radical (unpaired) electrons. The second-order valence-electron chi connectivity index (χ2n) is 5.29. The van der Waals surface area contributed by atoms with Crippen molar-refractivity contribution in [3.05, 3.63) is 22.7 Å². The summed E-state index contributed by atoms with van der Waals surface area (Å²) in [5.41, 5.74) is 6.84. The lowest BCUT2D eigenvalue weighted by atomic mass is 10.1. The number of anilines is 1. The maximum atomic E-state index is 12.8. The normalized spacial score (nSPS) is 18.5. The molecule has 1 heterocycles. The fourth-order valence-electron chi connectivity index (χ4n) is 2.54. The van der Waals surface area contributed by atoms with E-state index in [-0.39, 0.29) is 4.90 Å². The van der Waals surface area contributed by atoms with Crippen LogP contribution in [0.4, 0.5) is 5.69 Å². The average molecular weight is 317 g/mol. The number of rotatable bonds is 2. The minimum atomic E-state index is -3.51. The lowest BCUT2D eigenvalue weighted by Gasteiger charge is -2.25. The maximum Gasteiger partial charge on any atom is 0.243 e. The van der Waals surface area contributed by atoms with E-state index < -0.39 is 10.0 Å². The number of nitrogens with two attached hydrogens (primary N) is 1. The first-order chi connectivity index (χ1) is 9.43. The highest BCUT2D eigenvalue weighted by atomic mass is 35.5. The van der Waals surface area contributed by atoms with Gasteiger partial charge in [0, 0.05) is 23.8 Å². The van der Waals surface area contributed by atoms with Crippen molar-refractivity contribution in [1.29, 1.82) is 0 Å². The molecule has 0 amide bonds. The minimum Gasteiger partial charge on any atom is -0.398 e. The predicted molar refractivity (Wildman–Crippen MR) is 82.4 cm³/mol. The van der Waals surface area contributed by atoms with E-state index in [1.165, 1.54) is 12.5 Å². The van der Waals surface area contributed by atoms with Crippen molar-refractivity contribution in [2.24, 2.45) is 0 Å². The molecule has 1 aromatic carbocycles. The van der Waals surface area contributed by atoms with Gasteiger partial charge < -0.3 is 5.73 Å². The fraction of sp³-hybridized carbons (Fsp3) is 0.571. The molecule has 1 fully saturated rings. The molecule has 2 rings (SSSR count). The summed E-state index contributed by atoms with van der Waals surface area (Å²) < 4.78 is 27.2.